The summed E-state index contributed by atoms with van der Waals surface area (Å²) in [7, 11) is 0. The maximum absolute atomic E-state index is 14.0. The third-order valence-corrected chi connectivity index (χ3v) is 4.89. The number of benzene rings is 2. The van der Waals surface area contributed by atoms with Crippen LogP contribution in [0.5, 0.6) is 0 Å². The average molecular weight is 394 g/mol. The van der Waals surface area contributed by atoms with Crippen molar-refractivity contribution in [2.24, 2.45) is 0 Å². The highest BCUT2D eigenvalue weighted by atomic mass is 35.5. The Bertz CT molecular complexity index is 997. The van der Waals surface area contributed by atoms with Crippen LogP contribution < -0.4 is 10.6 Å². The Kier molecular flexibility index (Phi) is 3.68. The van der Waals surface area contributed by atoms with Crippen LogP contribution in [-0.4, -0.2) is 22.7 Å². The molecule has 1 saturated heterocycles. The second-order valence-electron chi connectivity index (χ2n) is 5.95. The molecule has 6 nitrogen and oxygen atoms in total. The van der Waals surface area contributed by atoms with Crippen LogP contribution in [0.25, 0.3) is 0 Å². The minimum atomic E-state index is -1.91. The third-order valence-electron chi connectivity index (χ3n) is 4.42. The molecule has 26 heavy (non-hydrogen) atoms. The van der Waals surface area contributed by atoms with Crippen LogP contribution in [0.1, 0.15) is 11.1 Å². The molecule has 132 valence electrons. The Morgan fingerprint density at radius 1 is 1.04 bits per heavy atom. The molecular formula is C17H10Cl2FN3O3. The highest BCUT2D eigenvalue weighted by Gasteiger charge is 2.61. The van der Waals surface area contributed by atoms with Crippen LogP contribution in [-0.2, 0) is 21.7 Å². The molecule has 2 aromatic carbocycles. The molecule has 1 unspecified atom stereocenters. The van der Waals surface area contributed by atoms with Gasteiger partial charge in [-0.25, -0.2) is 9.18 Å². The molecule has 0 bridgehead atoms. The van der Waals surface area contributed by atoms with Crippen molar-refractivity contribution in [3.05, 3.63) is 63.4 Å². The van der Waals surface area contributed by atoms with E-state index in [2.05, 4.69) is 10.6 Å². The van der Waals surface area contributed by atoms with Gasteiger partial charge in [0.2, 0.25) is 5.54 Å². The molecule has 0 radical (unpaired) electrons. The molecule has 4 amide bonds. The number of fused-ring (bicyclic) bond motifs is 2. The van der Waals surface area contributed by atoms with E-state index in [-0.39, 0.29) is 22.7 Å². The van der Waals surface area contributed by atoms with Gasteiger partial charge in [-0.15, -0.1) is 0 Å². The van der Waals surface area contributed by atoms with Gasteiger partial charge in [0.1, 0.15) is 5.82 Å². The zero-order valence-electron chi connectivity index (χ0n) is 13.0. The lowest BCUT2D eigenvalue weighted by Gasteiger charge is -2.19. The van der Waals surface area contributed by atoms with Crippen molar-refractivity contribution in [3.63, 3.8) is 0 Å². The molecular weight excluding hydrogens is 384 g/mol. The summed E-state index contributed by atoms with van der Waals surface area (Å²) in [5, 5.41) is 5.56. The van der Waals surface area contributed by atoms with Crippen LogP contribution in [0.3, 0.4) is 0 Å². The molecule has 0 aromatic heterocycles. The van der Waals surface area contributed by atoms with Crippen molar-refractivity contribution < 1.29 is 18.8 Å². The van der Waals surface area contributed by atoms with E-state index in [1.807, 2.05) is 0 Å². The van der Waals surface area contributed by atoms with E-state index < -0.39 is 29.2 Å². The third kappa shape index (κ3) is 2.28. The predicted octanol–water partition coefficient (Wildman–Crippen LogP) is 3.03. The van der Waals surface area contributed by atoms with Crippen LogP contribution in [0.2, 0.25) is 10.0 Å². The second-order valence-corrected chi connectivity index (χ2v) is 6.82. The summed E-state index contributed by atoms with van der Waals surface area (Å²) in [6.45, 7) is -0.359. The molecule has 1 fully saturated rings. The molecule has 9 heteroatoms. The Hall–Kier alpha value is -2.64. The lowest BCUT2D eigenvalue weighted by atomic mass is 9.91. The SMILES string of the molecule is O=C1NC2(C(=O)Nc3ccc(Cl)cc32)C(=O)N1Cc1cc(Cl)ccc1F. The van der Waals surface area contributed by atoms with E-state index in [0.717, 1.165) is 11.0 Å². The quantitative estimate of drug-likeness (QED) is 0.607. The normalized spacial score (nSPS) is 21.2. The number of nitrogens with one attached hydrogen (secondary N) is 2. The average Bonchev–Trinajstić information content (AvgIpc) is 3.00. The zero-order valence-corrected chi connectivity index (χ0v) is 14.5. The summed E-state index contributed by atoms with van der Waals surface area (Å²) < 4.78 is 14.0. The van der Waals surface area contributed by atoms with Crippen LogP contribution in [0, 0.1) is 5.82 Å². The van der Waals surface area contributed by atoms with Gasteiger partial charge in [0.05, 0.1) is 6.54 Å². The maximum Gasteiger partial charge on any atom is 0.326 e. The van der Waals surface area contributed by atoms with E-state index >= 15 is 0 Å². The predicted molar refractivity (Wildman–Crippen MR) is 92.3 cm³/mol. The van der Waals surface area contributed by atoms with Gasteiger partial charge >= 0.3 is 6.03 Å². The lowest BCUT2D eigenvalue weighted by molar-refractivity contribution is -0.137. The summed E-state index contributed by atoms with van der Waals surface area (Å²) in [4.78, 5) is 38.7. The molecule has 0 saturated carbocycles. The van der Waals surface area contributed by atoms with Crippen molar-refractivity contribution in [1.29, 1.82) is 0 Å². The first-order chi connectivity index (χ1) is 12.3. The molecule has 0 aliphatic carbocycles. The topological polar surface area (TPSA) is 78.5 Å². The fourth-order valence-electron chi connectivity index (χ4n) is 3.16. The van der Waals surface area contributed by atoms with Crippen molar-refractivity contribution in [2.75, 3.05) is 5.32 Å². The number of nitrogens with zero attached hydrogens (tertiary/aromatic N) is 1. The van der Waals surface area contributed by atoms with Crippen molar-refractivity contribution in [3.8, 4) is 0 Å². The minimum absolute atomic E-state index is 0.0581. The molecule has 1 atom stereocenters. The largest absolute Gasteiger partial charge is 0.326 e. The number of amides is 4. The number of carbonyl (C=O) groups is 3. The Morgan fingerprint density at radius 3 is 2.50 bits per heavy atom. The molecule has 2 N–H and O–H groups in total. The number of anilines is 1. The molecule has 1 spiro atoms. The highest BCUT2D eigenvalue weighted by Crippen LogP contribution is 2.41. The standard InChI is InChI=1S/C17H10Cl2FN3O3/c18-9-1-3-12(20)8(5-9)7-23-15(25)17(22-16(23)26)11-6-10(19)2-4-13(11)21-14(17)24/h1-6H,7H2,(H,21,24)(H,22,26). The number of rotatable bonds is 2. The fraction of sp³-hybridized carbons (Fsp3) is 0.118. The summed E-state index contributed by atoms with van der Waals surface area (Å²) >= 11 is 11.8. The molecule has 2 aliphatic heterocycles. The Labute approximate surface area is 156 Å². The van der Waals surface area contributed by atoms with E-state index in [1.54, 1.807) is 12.1 Å². The van der Waals surface area contributed by atoms with Gasteiger partial charge in [0, 0.05) is 26.9 Å². The van der Waals surface area contributed by atoms with E-state index in [0.29, 0.717) is 10.7 Å². The smallest absolute Gasteiger partial charge is 0.323 e. The summed E-state index contributed by atoms with van der Waals surface area (Å²) in [6.07, 6.45) is 0. The van der Waals surface area contributed by atoms with Crippen molar-refractivity contribution >= 4 is 46.7 Å². The van der Waals surface area contributed by atoms with Crippen LogP contribution >= 0.6 is 23.2 Å². The van der Waals surface area contributed by atoms with Crippen LogP contribution in [0.15, 0.2) is 36.4 Å². The van der Waals surface area contributed by atoms with E-state index in [4.69, 9.17) is 23.2 Å². The van der Waals surface area contributed by atoms with E-state index in [1.165, 1.54) is 18.2 Å². The number of halogens is 3. The summed E-state index contributed by atoms with van der Waals surface area (Å²) in [5.74, 6) is -2.11. The number of imide groups is 1. The first kappa shape index (κ1) is 16.8. The first-order valence-electron chi connectivity index (χ1n) is 7.52. The molecule has 4 rings (SSSR count). The van der Waals surface area contributed by atoms with Gasteiger partial charge in [-0.3, -0.25) is 14.5 Å². The van der Waals surface area contributed by atoms with Crippen molar-refractivity contribution in [1.82, 2.24) is 10.2 Å². The second kappa shape index (κ2) is 5.69. The number of hydrogen-bond acceptors (Lipinski definition) is 3. The Morgan fingerprint density at radius 2 is 1.73 bits per heavy atom. The van der Waals surface area contributed by atoms with Gasteiger partial charge in [-0.1, -0.05) is 23.2 Å². The van der Waals surface area contributed by atoms with Gasteiger partial charge < -0.3 is 10.6 Å². The molecule has 2 aliphatic rings. The first-order valence-corrected chi connectivity index (χ1v) is 8.28. The number of carbonyl (C=O) groups excluding carboxylic acids is 3. The van der Waals surface area contributed by atoms with Gasteiger partial charge in [-0.2, -0.15) is 0 Å². The summed E-state index contributed by atoms with van der Waals surface area (Å²) in [6, 6.07) is 7.55. The summed E-state index contributed by atoms with van der Waals surface area (Å²) in [5.41, 5.74) is -1.22. The lowest BCUT2D eigenvalue weighted by Crippen LogP contribution is -2.49. The maximum atomic E-state index is 14.0. The molecule has 2 aromatic rings. The zero-order chi connectivity index (χ0) is 18.6. The highest BCUT2D eigenvalue weighted by molar-refractivity contribution is 6.32. The van der Waals surface area contributed by atoms with Gasteiger partial charge in [0.15, 0.2) is 0 Å². The minimum Gasteiger partial charge on any atom is -0.323 e. The van der Waals surface area contributed by atoms with Crippen molar-refractivity contribution in [2.45, 2.75) is 12.1 Å². The number of hydrogen-bond donors (Lipinski definition) is 2. The fourth-order valence-corrected chi connectivity index (χ4v) is 3.53. The van der Waals surface area contributed by atoms with Gasteiger partial charge in [-0.05, 0) is 36.4 Å². The van der Waals surface area contributed by atoms with Gasteiger partial charge in [0.25, 0.3) is 11.8 Å². The monoisotopic (exact) mass is 393 g/mol. The molecule has 2 heterocycles. The van der Waals surface area contributed by atoms with E-state index in [9.17, 15) is 18.8 Å². The Balaban J connectivity index is 1.76. The number of urea groups is 1. The van der Waals surface area contributed by atoms with Crippen LogP contribution in [0.4, 0.5) is 14.9 Å².